The van der Waals surface area contributed by atoms with Crippen LogP contribution in [0.15, 0.2) is 47.6 Å². The van der Waals surface area contributed by atoms with Crippen LogP contribution in [0.1, 0.15) is 62.0 Å². The molecule has 0 unspecified atom stereocenters. The van der Waals surface area contributed by atoms with E-state index in [-0.39, 0.29) is 11.9 Å². The minimum atomic E-state index is -0.0268. The molecule has 5 rings (SSSR count). The summed E-state index contributed by atoms with van der Waals surface area (Å²) in [5.41, 5.74) is 1.12. The van der Waals surface area contributed by atoms with E-state index in [2.05, 4.69) is 50.4 Å². The topological polar surface area (TPSA) is 59.8 Å². The van der Waals surface area contributed by atoms with Gasteiger partial charge < -0.3 is 9.88 Å². The van der Waals surface area contributed by atoms with Crippen LogP contribution < -0.4 is 5.32 Å². The molecule has 6 heteroatoms. The van der Waals surface area contributed by atoms with Gasteiger partial charge in [-0.15, -0.1) is 10.2 Å². The van der Waals surface area contributed by atoms with Crippen molar-refractivity contribution in [2.75, 3.05) is 5.75 Å². The van der Waals surface area contributed by atoms with Crippen molar-refractivity contribution in [3.63, 3.8) is 0 Å². The number of carbonyl (C=O) groups is 1. The fourth-order valence-electron chi connectivity index (χ4n) is 3.66. The lowest BCUT2D eigenvalue weighted by atomic mass is 10.0. The Morgan fingerprint density at radius 1 is 1.14 bits per heavy atom. The van der Waals surface area contributed by atoms with Crippen molar-refractivity contribution >= 4 is 28.4 Å². The van der Waals surface area contributed by atoms with Crippen LogP contribution in [0, 0.1) is 0 Å². The summed E-state index contributed by atoms with van der Waals surface area (Å²) in [7, 11) is 0. The first-order valence-electron chi connectivity index (χ1n) is 10.0. The second-order valence-electron chi connectivity index (χ2n) is 7.90. The molecular weight excluding hydrogens is 368 g/mol. The zero-order valence-electron chi connectivity index (χ0n) is 16.0. The van der Waals surface area contributed by atoms with Crippen molar-refractivity contribution in [2.24, 2.45) is 0 Å². The van der Waals surface area contributed by atoms with Crippen molar-refractivity contribution in [2.45, 2.75) is 55.8 Å². The zero-order chi connectivity index (χ0) is 19.1. The van der Waals surface area contributed by atoms with E-state index in [1.165, 1.54) is 48.2 Å². The summed E-state index contributed by atoms with van der Waals surface area (Å²) in [6, 6.07) is 15.2. The SMILES string of the molecule is C[C@H](NC(=O)CSc1nnc(C2CC2)n1C1CC1)c1ccc2ccccc2c1. The molecule has 1 N–H and O–H groups in total. The molecule has 2 aliphatic rings. The van der Waals surface area contributed by atoms with Crippen LogP contribution in [0.4, 0.5) is 0 Å². The number of amides is 1. The monoisotopic (exact) mass is 392 g/mol. The van der Waals surface area contributed by atoms with Crippen LogP contribution in [-0.4, -0.2) is 26.4 Å². The van der Waals surface area contributed by atoms with Crippen molar-refractivity contribution in [1.82, 2.24) is 20.1 Å². The highest BCUT2D eigenvalue weighted by Gasteiger charge is 2.36. The number of nitrogens with one attached hydrogen (secondary N) is 1. The fraction of sp³-hybridized carbons (Fsp3) is 0.409. The van der Waals surface area contributed by atoms with Gasteiger partial charge in [-0.05, 0) is 55.0 Å². The maximum absolute atomic E-state index is 12.5. The van der Waals surface area contributed by atoms with Crippen molar-refractivity contribution in [3.05, 3.63) is 53.9 Å². The molecule has 1 amide bonds. The smallest absolute Gasteiger partial charge is 0.230 e. The van der Waals surface area contributed by atoms with Gasteiger partial charge in [0.1, 0.15) is 5.82 Å². The number of benzene rings is 2. The van der Waals surface area contributed by atoms with E-state index in [0.29, 0.717) is 17.7 Å². The Morgan fingerprint density at radius 2 is 1.93 bits per heavy atom. The van der Waals surface area contributed by atoms with Crippen LogP contribution in [0.25, 0.3) is 10.8 Å². The number of aromatic nitrogens is 3. The lowest BCUT2D eigenvalue weighted by Gasteiger charge is -2.15. The summed E-state index contributed by atoms with van der Waals surface area (Å²) in [4.78, 5) is 12.5. The zero-order valence-corrected chi connectivity index (χ0v) is 16.8. The average molecular weight is 393 g/mol. The highest BCUT2D eigenvalue weighted by atomic mass is 32.2. The highest BCUT2D eigenvalue weighted by molar-refractivity contribution is 7.99. The summed E-state index contributed by atoms with van der Waals surface area (Å²) < 4.78 is 2.29. The molecule has 1 heterocycles. The van der Waals surface area contributed by atoms with Gasteiger partial charge in [0.05, 0.1) is 11.8 Å². The molecule has 0 aliphatic heterocycles. The Hall–Kier alpha value is -2.34. The summed E-state index contributed by atoms with van der Waals surface area (Å²) >= 11 is 1.51. The van der Waals surface area contributed by atoms with Gasteiger partial charge in [0.25, 0.3) is 0 Å². The summed E-state index contributed by atoms with van der Waals surface area (Å²) in [5, 5.41) is 15.2. The molecule has 2 aromatic carbocycles. The number of nitrogens with zero attached hydrogens (tertiary/aromatic N) is 3. The third kappa shape index (κ3) is 3.65. The number of hydrogen-bond donors (Lipinski definition) is 1. The molecule has 3 aromatic rings. The first-order valence-corrected chi connectivity index (χ1v) is 11.0. The number of rotatable bonds is 7. The predicted octanol–water partition coefficient (Wildman–Crippen LogP) is 4.61. The minimum absolute atomic E-state index is 0.0268. The molecule has 1 aromatic heterocycles. The molecule has 0 bridgehead atoms. The Labute approximate surface area is 168 Å². The number of thioether (sulfide) groups is 1. The van der Waals surface area contributed by atoms with Gasteiger partial charge in [-0.2, -0.15) is 0 Å². The second kappa shape index (κ2) is 7.24. The number of fused-ring (bicyclic) bond motifs is 1. The molecule has 144 valence electrons. The van der Waals surface area contributed by atoms with E-state index in [1.807, 2.05) is 19.1 Å². The standard InChI is InChI=1S/C22H24N4OS/c1-14(17-9-6-15-4-2-3-5-18(15)12-17)23-20(27)13-28-22-25-24-21(16-7-8-16)26(22)19-10-11-19/h2-6,9,12,14,16,19H,7-8,10-11,13H2,1H3,(H,23,27)/t14-/m0/s1. The van der Waals surface area contributed by atoms with Crippen molar-refractivity contribution in [1.29, 1.82) is 0 Å². The molecule has 2 aliphatic carbocycles. The number of hydrogen-bond acceptors (Lipinski definition) is 4. The Kier molecular flexibility index (Phi) is 4.59. The second-order valence-corrected chi connectivity index (χ2v) is 8.84. The molecule has 0 spiro atoms. The molecule has 2 saturated carbocycles. The van der Waals surface area contributed by atoms with E-state index < -0.39 is 0 Å². The molecular formula is C22H24N4OS. The molecule has 0 saturated heterocycles. The van der Waals surface area contributed by atoms with Crippen molar-refractivity contribution < 1.29 is 4.79 Å². The quantitative estimate of drug-likeness (QED) is 0.596. The van der Waals surface area contributed by atoms with Gasteiger partial charge in [0.2, 0.25) is 5.91 Å². The molecule has 5 nitrogen and oxygen atoms in total. The van der Waals surface area contributed by atoms with E-state index in [9.17, 15) is 4.79 Å². The van der Waals surface area contributed by atoms with Crippen LogP contribution in [-0.2, 0) is 4.79 Å². The Bertz CT molecular complexity index is 1020. The van der Waals surface area contributed by atoms with Gasteiger partial charge in [0, 0.05) is 12.0 Å². The summed E-state index contributed by atoms with van der Waals surface area (Å²) in [6.45, 7) is 2.03. The summed E-state index contributed by atoms with van der Waals surface area (Å²) in [5.74, 6) is 2.12. The molecule has 1 atom stereocenters. The highest BCUT2D eigenvalue weighted by Crippen LogP contribution is 2.45. The number of carbonyl (C=O) groups excluding carboxylic acids is 1. The third-order valence-corrected chi connectivity index (χ3v) is 6.47. The molecule has 28 heavy (non-hydrogen) atoms. The Morgan fingerprint density at radius 3 is 2.68 bits per heavy atom. The lowest BCUT2D eigenvalue weighted by Crippen LogP contribution is -2.28. The fourth-order valence-corrected chi connectivity index (χ4v) is 4.48. The first-order chi connectivity index (χ1) is 13.7. The normalized spacial score (nSPS) is 17.6. The predicted molar refractivity (Wildman–Crippen MR) is 111 cm³/mol. The molecule has 2 fully saturated rings. The van der Waals surface area contributed by atoms with Crippen LogP contribution in [0.3, 0.4) is 0 Å². The van der Waals surface area contributed by atoms with E-state index in [4.69, 9.17) is 0 Å². The maximum atomic E-state index is 12.5. The average Bonchev–Trinajstić information content (AvgIpc) is 3.64. The van der Waals surface area contributed by atoms with Gasteiger partial charge in [0.15, 0.2) is 5.16 Å². The Balaban J connectivity index is 1.22. The minimum Gasteiger partial charge on any atom is -0.349 e. The van der Waals surface area contributed by atoms with E-state index >= 15 is 0 Å². The van der Waals surface area contributed by atoms with E-state index in [0.717, 1.165) is 16.5 Å². The summed E-state index contributed by atoms with van der Waals surface area (Å²) in [6.07, 6.45) is 4.85. The van der Waals surface area contributed by atoms with Crippen LogP contribution >= 0.6 is 11.8 Å². The van der Waals surface area contributed by atoms with Gasteiger partial charge in [-0.25, -0.2) is 0 Å². The largest absolute Gasteiger partial charge is 0.349 e. The first kappa shape index (κ1) is 17.7. The molecule has 0 radical (unpaired) electrons. The third-order valence-electron chi connectivity index (χ3n) is 5.53. The lowest BCUT2D eigenvalue weighted by molar-refractivity contribution is -0.119. The van der Waals surface area contributed by atoms with Crippen LogP contribution in [0.2, 0.25) is 0 Å². The van der Waals surface area contributed by atoms with Gasteiger partial charge >= 0.3 is 0 Å². The van der Waals surface area contributed by atoms with Crippen molar-refractivity contribution in [3.8, 4) is 0 Å². The van der Waals surface area contributed by atoms with Gasteiger partial charge in [-0.3, -0.25) is 4.79 Å². The van der Waals surface area contributed by atoms with Crippen LogP contribution in [0.5, 0.6) is 0 Å². The maximum Gasteiger partial charge on any atom is 0.230 e. The van der Waals surface area contributed by atoms with E-state index in [1.54, 1.807) is 0 Å². The van der Waals surface area contributed by atoms with Gasteiger partial charge in [-0.1, -0.05) is 48.2 Å².